The highest BCUT2D eigenvalue weighted by Crippen LogP contribution is 2.13. The maximum absolute atomic E-state index is 13.5. The molecule has 1 aliphatic heterocycles. The van der Waals surface area contributed by atoms with Crippen LogP contribution in [0.15, 0.2) is 24.3 Å². The lowest BCUT2D eigenvalue weighted by Crippen LogP contribution is -2.40. The highest BCUT2D eigenvalue weighted by atomic mass is 32.2. The van der Waals surface area contributed by atoms with Crippen LogP contribution in [0.3, 0.4) is 0 Å². The molecule has 0 atom stereocenters. The molecular weight excluding hydrogens is 355 g/mol. The monoisotopic (exact) mass is 378 g/mol. The number of sulfonamides is 2. The molecule has 136 valence electrons. The molecule has 1 aliphatic rings. The first kappa shape index (κ1) is 19.3. The van der Waals surface area contributed by atoms with Crippen LogP contribution in [0.1, 0.15) is 24.8 Å². The number of nitrogens with zero attached hydrogens (tertiary/aromatic N) is 1. The molecule has 0 aromatic heterocycles. The summed E-state index contributed by atoms with van der Waals surface area (Å²) in [6.45, 7) is 0.836. The Morgan fingerprint density at radius 2 is 1.67 bits per heavy atom. The number of nitrogens with one attached hydrogen (secondary N) is 1. The van der Waals surface area contributed by atoms with Crippen LogP contribution in [-0.2, 0) is 26.5 Å². The first-order chi connectivity index (χ1) is 11.3. The SMILES string of the molecule is O=S(=O)(CCc1ccccc1F)NCCS(=O)(=O)N1CCCCC1. The molecule has 1 aromatic rings. The second-order valence-corrected chi connectivity index (χ2v) is 9.85. The highest BCUT2D eigenvalue weighted by Gasteiger charge is 2.24. The van der Waals surface area contributed by atoms with E-state index in [0.717, 1.165) is 19.3 Å². The van der Waals surface area contributed by atoms with Gasteiger partial charge >= 0.3 is 0 Å². The summed E-state index contributed by atoms with van der Waals surface area (Å²) >= 11 is 0. The predicted molar refractivity (Wildman–Crippen MR) is 91.1 cm³/mol. The fourth-order valence-corrected chi connectivity index (χ4v) is 5.22. The van der Waals surface area contributed by atoms with E-state index in [1.54, 1.807) is 6.07 Å². The number of aryl methyl sites for hydroxylation is 1. The van der Waals surface area contributed by atoms with Crippen molar-refractivity contribution < 1.29 is 21.2 Å². The van der Waals surface area contributed by atoms with E-state index in [-0.39, 0.29) is 24.5 Å². The molecule has 24 heavy (non-hydrogen) atoms. The average Bonchev–Trinajstić information content (AvgIpc) is 2.54. The zero-order chi connectivity index (χ0) is 17.6. The van der Waals surface area contributed by atoms with Gasteiger partial charge < -0.3 is 0 Å². The van der Waals surface area contributed by atoms with Gasteiger partial charge in [-0.1, -0.05) is 24.6 Å². The zero-order valence-electron chi connectivity index (χ0n) is 13.4. The minimum atomic E-state index is -3.65. The Kier molecular flexibility index (Phi) is 6.73. The second kappa shape index (κ2) is 8.37. The maximum atomic E-state index is 13.5. The minimum Gasteiger partial charge on any atom is -0.214 e. The summed E-state index contributed by atoms with van der Waals surface area (Å²) in [6.07, 6.45) is 2.75. The van der Waals surface area contributed by atoms with Crippen LogP contribution in [0, 0.1) is 5.82 Å². The third kappa shape index (κ3) is 5.80. The van der Waals surface area contributed by atoms with Gasteiger partial charge in [0.15, 0.2) is 0 Å². The van der Waals surface area contributed by atoms with Crippen LogP contribution < -0.4 is 4.72 Å². The molecule has 1 N–H and O–H groups in total. The highest BCUT2D eigenvalue weighted by molar-refractivity contribution is 7.90. The van der Waals surface area contributed by atoms with Gasteiger partial charge in [0.1, 0.15) is 5.82 Å². The Hall–Kier alpha value is -1.03. The van der Waals surface area contributed by atoms with Crippen LogP contribution >= 0.6 is 0 Å². The lowest BCUT2D eigenvalue weighted by Gasteiger charge is -2.25. The van der Waals surface area contributed by atoms with Crippen molar-refractivity contribution in [3.05, 3.63) is 35.6 Å². The Morgan fingerprint density at radius 1 is 1.00 bits per heavy atom. The van der Waals surface area contributed by atoms with E-state index in [4.69, 9.17) is 0 Å². The summed E-state index contributed by atoms with van der Waals surface area (Å²) in [6, 6.07) is 5.99. The van der Waals surface area contributed by atoms with E-state index in [0.29, 0.717) is 18.7 Å². The van der Waals surface area contributed by atoms with Crippen molar-refractivity contribution in [3.8, 4) is 0 Å². The Bertz CT molecular complexity index is 744. The lowest BCUT2D eigenvalue weighted by molar-refractivity contribution is 0.346. The van der Waals surface area contributed by atoms with E-state index in [1.807, 2.05) is 0 Å². The van der Waals surface area contributed by atoms with Crippen LogP contribution in [0.4, 0.5) is 4.39 Å². The molecule has 1 aromatic carbocycles. The molecule has 1 fully saturated rings. The fraction of sp³-hybridized carbons (Fsp3) is 0.600. The van der Waals surface area contributed by atoms with E-state index in [9.17, 15) is 21.2 Å². The maximum Gasteiger partial charge on any atom is 0.215 e. The smallest absolute Gasteiger partial charge is 0.214 e. The van der Waals surface area contributed by atoms with Crippen LogP contribution in [0.5, 0.6) is 0 Å². The Morgan fingerprint density at radius 3 is 2.33 bits per heavy atom. The van der Waals surface area contributed by atoms with Gasteiger partial charge in [0.2, 0.25) is 20.0 Å². The van der Waals surface area contributed by atoms with E-state index in [1.165, 1.54) is 22.5 Å². The van der Waals surface area contributed by atoms with Gasteiger partial charge in [0.05, 0.1) is 11.5 Å². The van der Waals surface area contributed by atoms with Gasteiger partial charge in [-0.05, 0) is 30.9 Å². The van der Waals surface area contributed by atoms with Crippen molar-refractivity contribution in [2.24, 2.45) is 0 Å². The molecular formula is C15H23FN2O4S2. The number of hydrogen-bond acceptors (Lipinski definition) is 4. The van der Waals surface area contributed by atoms with E-state index < -0.39 is 25.9 Å². The molecule has 0 bridgehead atoms. The Labute approximate surface area is 143 Å². The summed E-state index contributed by atoms with van der Waals surface area (Å²) < 4.78 is 65.3. The summed E-state index contributed by atoms with van der Waals surface area (Å²) in [5.74, 6) is -0.982. The number of halogens is 1. The van der Waals surface area contributed by atoms with Crippen molar-refractivity contribution in [2.75, 3.05) is 31.1 Å². The molecule has 6 nitrogen and oxygen atoms in total. The fourth-order valence-electron chi connectivity index (χ4n) is 2.62. The zero-order valence-corrected chi connectivity index (χ0v) is 15.1. The van der Waals surface area contributed by atoms with Gasteiger partial charge in [-0.3, -0.25) is 0 Å². The van der Waals surface area contributed by atoms with Gasteiger partial charge in [0, 0.05) is 19.6 Å². The molecule has 0 unspecified atom stereocenters. The molecule has 2 rings (SSSR count). The molecule has 0 amide bonds. The largest absolute Gasteiger partial charge is 0.215 e. The first-order valence-electron chi connectivity index (χ1n) is 7.99. The summed E-state index contributed by atoms with van der Waals surface area (Å²) in [4.78, 5) is 0. The summed E-state index contributed by atoms with van der Waals surface area (Å²) in [5.41, 5.74) is 0.323. The molecule has 0 radical (unpaired) electrons. The van der Waals surface area contributed by atoms with Crippen molar-refractivity contribution in [1.29, 1.82) is 0 Å². The van der Waals surface area contributed by atoms with Crippen LogP contribution in [0.25, 0.3) is 0 Å². The van der Waals surface area contributed by atoms with Gasteiger partial charge in [-0.15, -0.1) is 0 Å². The Balaban J connectivity index is 1.81. The molecule has 0 saturated carbocycles. The van der Waals surface area contributed by atoms with E-state index >= 15 is 0 Å². The molecule has 1 heterocycles. The van der Waals surface area contributed by atoms with Crippen LogP contribution in [0.2, 0.25) is 0 Å². The third-order valence-corrected chi connectivity index (χ3v) is 7.25. The number of benzene rings is 1. The first-order valence-corrected chi connectivity index (χ1v) is 11.2. The minimum absolute atomic E-state index is 0.0425. The second-order valence-electron chi connectivity index (χ2n) is 5.83. The summed E-state index contributed by atoms with van der Waals surface area (Å²) in [7, 11) is -7.08. The molecule has 0 spiro atoms. The van der Waals surface area contributed by atoms with Crippen molar-refractivity contribution in [3.63, 3.8) is 0 Å². The molecule has 9 heteroatoms. The normalized spacial score (nSPS) is 17.0. The summed E-state index contributed by atoms with van der Waals surface area (Å²) in [5, 5.41) is 0. The average molecular weight is 378 g/mol. The van der Waals surface area contributed by atoms with Gasteiger partial charge in [-0.2, -0.15) is 0 Å². The number of piperidine rings is 1. The van der Waals surface area contributed by atoms with Crippen molar-refractivity contribution in [1.82, 2.24) is 9.03 Å². The number of rotatable bonds is 8. The standard InChI is InChI=1S/C15H23FN2O4S2/c16-15-7-3-2-6-14(15)8-12-23(19,20)17-9-13-24(21,22)18-10-4-1-5-11-18/h2-3,6-7,17H,1,4-5,8-13H2. The predicted octanol–water partition coefficient (Wildman–Crippen LogP) is 1.10. The lowest BCUT2D eigenvalue weighted by atomic mass is 10.2. The van der Waals surface area contributed by atoms with Gasteiger partial charge in [0.25, 0.3) is 0 Å². The van der Waals surface area contributed by atoms with Crippen molar-refractivity contribution in [2.45, 2.75) is 25.7 Å². The van der Waals surface area contributed by atoms with Gasteiger partial charge in [-0.25, -0.2) is 30.3 Å². The third-order valence-electron chi connectivity index (χ3n) is 3.99. The van der Waals surface area contributed by atoms with Crippen LogP contribution in [-0.4, -0.2) is 52.3 Å². The molecule has 1 saturated heterocycles. The molecule has 0 aliphatic carbocycles. The number of hydrogen-bond donors (Lipinski definition) is 1. The van der Waals surface area contributed by atoms with Crippen molar-refractivity contribution >= 4 is 20.0 Å². The van der Waals surface area contributed by atoms with E-state index in [2.05, 4.69) is 4.72 Å². The quantitative estimate of drug-likeness (QED) is 0.734. The topological polar surface area (TPSA) is 83.5 Å².